The van der Waals surface area contributed by atoms with Gasteiger partial charge >= 0.3 is 0 Å². The maximum atomic E-state index is 12.4. The lowest BCUT2D eigenvalue weighted by atomic mass is 10.2. The van der Waals surface area contributed by atoms with Crippen molar-refractivity contribution >= 4 is 29.0 Å². The van der Waals surface area contributed by atoms with Gasteiger partial charge in [-0.05, 0) is 41.5 Å². The number of fused-ring (bicyclic) bond motifs is 1. The Labute approximate surface area is 164 Å². The van der Waals surface area contributed by atoms with Gasteiger partial charge in [0, 0.05) is 11.6 Å². The van der Waals surface area contributed by atoms with E-state index < -0.39 is 0 Å². The Bertz CT molecular complexity index is 1150. The Balaban J connectivity index is 1.59. The Morgan fingerprint density at radius 1 is 1.22 bits per heavy atom. The predicted molar refractivity (Wildman–Crippen MR) is 107 cm³/mol. The van der Waals surface area contributed by atoms with Crippen LogP contribution in [-0.2, 0) is 13.2 Å². The summed E-state index contributed by atoms with van der Waals surface area (Å²) in [5.74, 6) is 1.26. The highest BCUT2D eigenvalue weighted by molar-refractivity contribution is 7.07. The van der Waals surface area contributed by atoms with Gasteiger partial charge in [-0.15, -0.1) is 0 Å². The minimum Gasteiger partial charge on any atom is -0.493 e. The summed E-state index contributed by atoms with van der Waals surface area (Å²) >= 11 is 7.32. The Morgan fingerprint density at radius 2 is 2.04 bits per heavy atom. The summed E-state index contributed by atoms with van der Waals surface area (Å²) in [6.07, 6.45) is 1.86. The molecule has 0 radical (unpaired) electrons. The van der Waals surface area contributed by atoms with Crippen molar-refractivity contribution in [1.82, 2.24) is 4.57 Å². The second-order valence-corrected chi connectivity index (χ2v) is 7.50. The van der Waals surface area contributed by atoms with Crippen molar-refractivity contribution in [3.8, 4) is 11.5 Å². The first-order chi connectivity index (χ1) is 13.1. The highest BCUT2D eigenvalue weighted by Gasteiger charge is 2.10. The number of thiazole rings is 1. The summed E-state index contributed by atoms with van der Waals surface area (Å²) in [6, 6.07) is 13.1. The second-order valence-electron chi connectivity index (χ2n) is 6.06. The summed E-state index contributed by atoms with van der Waals surface area (Å²) in [5, 5.41) is 0.694. The van der Waals surface area contributed by atoms with Crippen LogP contribution in [-0.4, -0.2) is 18.2 Å². The standard InChI is InChI=1S/C20H17ClN2O3S/c1-25-17-10-14(11-18-19(24)23-9-8-22-20(23)27-18)4-7-16(17)26-12-13-2-5-15(21)6-3-13/h2-7,10-11H,8-9,12H2,1H3/b18-11-. The van der Waals surface area contributed by atoms with Gasteiger partial charge in [-0.2, -0.15) is 0 Å². The zero-order chi connectivity index (χ0) is 18.8. The molecular weight excluding hydrogens is 384 g/mol. The largest absolute Gasteiger partial charge is 0.493 e. The van der Waals surface area contributed by atoms with Crippen LogP contribution in [0.5, 0.6) is 11.5 Å². The topological polar surface area (TPSA) is 52.8 Å². The third-order valence-corrected chi connectivity index (χ3v) is 5.55. The third kappa shape index (κ3) is 3.77. The smallest absolute Gasteiger partial charge is 0.270 e. The lowest BCUT2D eigenvalue weighted by molar-refractivity contribution is 0.284. The van der Waals surface area contributed by atoms with E-state index in [1.165, 1.54) is 11.3 Å². The number of nitrogens with zero attached hydrogens (tertiary/aromatic N) is 2. The average Bonchev–Trinajstić information content (AvgIpc) is 3.25. The molecule has 27 heavy (non-hydrogen) atoms. The first-order valence-corrected chi connectivity index (χ1v) is 9.64. The fraction of sp³-hybridized carbons (Fsp3) is 0.200. The van der Waals surface area contributed by atoms with Crippen LogP contribution >= 0.6 is 22.9 Å². The van der Waals surface area contributed by atoms with Gasteiger partial charge < -0.3 is 9.47 Å². The highest BCUT2D eigenvalue weighted by Crippen LogP contribution is 2.29. The molecule has 1 aliphatic heterocycles. The van der Waals surface area contributed by atoms with Gasteiger partial charge in [-0.25, -0.2) is 0 Å². The number of benzene rings is 2. The Hall–Kier alpha value is -2.57. The molecule has 0 spiro atoms. The van der Waals surface area contributed by atoms with Crippen LogP contribution in [0, 0.1) is 0 Å². The molecule has 0 bridgehead atoms. The zero-order valence-corrected chi connectivity index (χ0v) is 16.2. The molecule has 0 amide bonds. The summed E-state index contributed by atoms with van der Waals surface area (Å²) in [6.45, 7) is 1.77. The molecular formula is C20H17ClN2O3S. The predicted octanol–water partition coefficient (Wildman–Crippen LogP) is 2.61. The Kier molecular flexibility index (Phi) is 5.01. The molecule has 1 aliphatic rings. The van der Waals surface area contributed by atoms with E-state index >= 15 is 0 Å². The van der Waals surface area contributed by atoms with Crippen LogP contribution in [0.3, 0.4) is 0 Å². The molecule has 5 nitrogen and oxygen atoms in total. The average molecular weight is 401 g/mol. The lowest BCUT2D eigenvalue weighted by Gasteiger charge is -2.11. The molecule has 0 saturated carbocycles. The molecule has 0 aliphatic carbocycles. The first kappa shape index (κ1) is 17.8. The maximum Gasteiger partial charge on any atom is 0.270 e. The van der Waals surface area contributed by atoms with Crippen molar-refractivity contribution in [2.75, 3.05) is 13.7 Å². The van der Waals surface area contributed by atoms with Crippen molar-refractivity contribution in [2.24, 2.45) is 4.99 Å². The van der Waals surface area contributed by atoms with E-state index in [1.54, 1.807) is 11.7 Å². The van der Waals surface area contributed by atoms with Crippen molar-refractivity contribution in [3.05, 3.63) is 78.3 Å². The molecule has 138 valence electrons. The molecule has 0 unspecified atom stereocenters. The van der Waals surface area contributed by atoms with Crippen LogP contribution in [0.25, 0.3) is 6.08 Å². The van der Waals surface area contributed by atoms with Gasteiger partial charge in [-0.1, -0.05) is 41.1 Å². The van der Waals surface area contributed by atoms with Crippen molar-refractivity contribution < 1.29 is 9.47 Å². The van der Waals surface area contributed by atoms with E-state index in [-0.39, 0.29) is 5.56 Å². The van der Waals surface area contributed by atoms with E-state index in [9.17, 15) is 4.79 Å². The summed E-state index contributed by atoms with van der Waals surface area (Å²) in [5.41, 5.74) is 1.91. The van der Waals surface area contributed by atoms with Gasteiger partial charge in [0.15, 0.2) is 16.3 Å². The highest BCUT2D eigenvalue weighted by atomic mass is 35.5. The van der Waals surface area contributed by atoms with Crippen molar-refractivity contribution in [2.45, 2.75) is 13.2 Å². The number of hydrogen-bond donors (Lipinski definition) is 0. The van der Waals surface area contributed by atoms with Crippen LogP contribution < -0.4 is 24.4 Å². The molecule has 7 heteroatoms. The van der Waals surface area contributed by atoms with Gasteiger partial charge in [0.25, 0.3) is 5.56 Å². The summed E-state index contributed by atoms with van der Waals surface area (Å²) in [7, 11) is 1.60. The maximum absolute atomic E-state index is 12.4. The molecule has 3 aromatic rings. The summed E-state index contributed by atoms with van der Waals surface area (Å²) < 4.78 is 13.7. The molecule has 4 rings (SSSR count). The van der Waals surface area contributed by atoms with E-state index in [0.29, 0.717) is 40.8 Å². The minimum atomic E-state index is 0.0123. The fourth-order valence-electron chi connectivity index (χ4n) is 2.85. The number of hydrogen-bond acceptors (Lipinski definition) is 5. The number of rotatable bonds is 5. The monoisotopic (exact) mass is 400 g/mol. The van der Waals surface area contributed by atoms with Gasteiger partial charge in [0.2, 0.25) is 0 Å². The minimum absolute atomic E-state index is 0.0123. The molecule has 0 fully saturated rings. The third-order valence-electron chi connectivity index (χ3n) is 4.25. The van der Waals surface area contributed by atoms with Crippen LogP contribution in [0.4, 0.5) is 0 Å². The normalized spacial score (nSPS) is 13.3. The lowest BCUT2D eigenvalue weighted by Crippen LogP contribution is -2.29. The molecule has 2 aromatic carbocycles. The number of ether oxygens (including phenoxy) is 2. The number of halogens is 1. The first-order valence-electron chi connectivity index (χ1n) is 8.45. The van der Waals surface area contributed by atoms with Crippen LogP contribution in [0.15, 0.2) is 52.3 Å². The molecule has 1 aromatic heterocycles. The zero-order valence-electron chi connectivity index (χ0n) is 14.6. The van der Waals surface area contributed by atoms with Crippen molar-refractivity contribution in [1.29, 1.82) is 0 Å². The second kappa shape index (κ2) is 7.58. The quantitative estimate of drug-likeness (QED) is 0.661. The van der Waals surface area contributed by atoms with Crippen molar-refractivity contribution in [3.63, 3.8) is 0 Å². The van der Waals surface area contributed by atoms with Gasteiger partial charge in [0.1, 0.15) is 6.61 Å². The molecule has 2 heterocycles. The summed E-state index contributed by atoms with van der Waals surface area (Å²) in [4.78, 5) is 17.5. The molecule has 0 saturated heterocycles. The van der Waals surface area contributed by atoms with Crippen LogP contribution in [0.2, 0.25) is 5.02 Å². The van der Waals surface area contributed by atoms with Gasteiger partial charge in [0.05, 0.1) is 18.2 Å². The Morgan fingerprint density at radius 3 is 2.78 bits per heavy atom. The van der Waals surface area contributed by atoms with Crippen LogP contribution in [0.1, 0.15) is 11.1 Å². The fourth-order valence-corrected chi connectivity index (χ4v) is 4.01. The molecule has 0 N–H and O–H groups in total. The molecule has 0 atom stereocenters. The van der Waals surface area contributed by atoms with Gasteiger partial charge in [-0.3, -0.25) is 14.4 Å². The number of aromatic nitrogens is 1. The number of methoxy groups -OCH3 is 1. The van der Waals surface area contributed by atoms with E-state index in [2.05, 4.69) is 4.99 Å². The van der Waals surface area contributed by atoms with E-state index in [1.807, 2.05) is 48.5 Å². The van der Waals surface area contributed by atoms with E-state index in [4.69, 9.17) is 21.1 Å². The van der Waals surface area contributed by atoms with E-state index in [0.717, 1.165) is 15.9 Å². The SMILES string of the molecule is COc1cc(/C=c2\sc3n(c2=O)CCN=3)ccc1OCc1ccc(Cl)cc1.